The van der Waals surface area contributed by atoms with E-state index in [9.17, 15) is 0 Å². The van der Waals surface area contributed by atoms with Gasteiger partial charge < -0.3 is 14.9 Å². The van der Waals surface area contributed by atoms with Crippen molar-refractivity contribution in [2.75, 3.05) is 0 Å². The van der Waals surface area contributed by atoms with E-state index >= 15 is 0 Å². The number of aryl methyl sites for hydroxylation is 2. The molecule has 4 fully saturated rings. The predicted molar refractivity (Wildman–Crippen MR) is 238 cm³/mol. The molecule has 6 aromatic rings. The van der Waals surface area contributed by atoms with E-state index in [1.54, 1.807) is 11.1 Å². The van der Waals surface area contributed by atoms with Crippen LogP contribution in [-0.4, -0.2) is 6.88 Å². The van der Waals surface area contributed by atoms with Crippen molar-refractivity contribution in [3.05, 3.63) is 146 Å². The third kappa shape index (κ3) is 9.15. The molecule has 4 aliphatic rings. The van der Waals surface area contributed by atoms with Crippen molar-refractivity contribution in [2.45, 2.75) is 90.9 Å². The van der Waals surface area contributed by atoms with Crippen LogP contribution in [0.4, 0.5) is 0 Å². The molecule has 10 rings (SSSR count). The Labute approximate surface area is 356 Å². The van der Waals surface area contributed by atoms with E-state index in [0.29, 0.717) is 10.8 Å². The average Bonchev–Trinajstić information content (AvgIpc) is 4.00. The van der Waals surface area contributed by atoms with Crippen molar-refractivity contribution in [1.29, 1.82) is 0 Å². The molecule has 0 spiro atoms. The van der Waals surface area contributed by atoms with Gasteiger partial charge in [0.05, 0.1) is 0 Å². The van der Waals surface area contributed by atoms with Crippen LogP contribution in [0.5, 0.6) is 0 Å². The molecule has 284 valence electrons. The Morgan fingerprint density at radius 1 is 0.556 bits per heavy atom. The summed E-state index contributed by atoms with van der Waals surface area (Å²) in [4.78, 5) is 0. The van der Waals surface area contributed by atoms with Crippen LogP contribution >= 0.6 is 24.8 Å². The topological polar surface area (TPSA) is 0 Å². The molecule has 54 heavy (non-hydrogen) atoms. The van der Waals surface area contributed by atoms with Crippen molar-refractivity contribution in [3.63, 3.8) is 0 Å². The molecule has 0 aliphatic heterocycles. The van der Waals surface area contributed by atoms with Crippen molar-refractivity contribution in [1.82, 2.24) is 0 Å². The standard InChI is InChI=1S/2C24H25.2CH3.2ClH.Si.Zr/c2*1-17-5-7-20(8-6-17)22-4-2-3-21-13-19(14-23(21)22)16-24-11-9-18(15-24)10-12-24;;;;;;/h2*2-8,13-14,18H,9-12,15-16H2,1H3;2*1H3;2*1H;;/q4*-1;;;;. The van der Waals surface area contributed by atoms with E-state index in [2.05, 4.69) is 130 Å². The summed E-state index contributed by atoms with van der Waals surface area (Å²) in [7, 11) is 0. The molecule has 4 bridgehead atoms. The van der Waals surface area contributed by atoms with E-state index in [1.807, 2.05) is 0 Å². The summed E-state index contributed by atoms with van der Waals surface area (Å²) < 4.78 is 0. The molecule has 0 atom stereocenters. The molecule has 0 saturated heterocycles. The van der Waals surface area contributed by atoms with E-state index in [1.165, 1.54) is 155 Å². The van der Waals surface area contributed by atoms with Gasteiger partial charge in [0.1, 0.15) is 0 Å². The summed E-state index contributed by atoms with van der Waals surface area (Å²) in [5, 5.41) is 5.68. The molecule has 0 heterocycles. The van der Waals surface area contributed by atoms with Crippen LogP contribution in [0.3, 0.4) is 0 Å². The summed E-state index contributed by atoms with van der Waals surface area (Å²) >= 11 is 1.36. The molecular formula is C50H58Cl2SiZr-4. The first-order valence-corrected chi connectivity index (χ1v) is 23.4. The fourth-order valence-corrected chi connectivity index (χ4v) is 10.8. The molecule has 6 aromatic carbocycles. The summed E-state index contributed by atoms with van der Waals surface area (Å²) in [6.45, 7) is 7.37. The van der Waals surface area contributed by atoms with Crippen LogP contribution in [0, 0.1) is 51.4 Å². The van der Waals surface area contributed by atoms with Gasteiger partial charge in [-0.1, -0.05) is 82.9 Å². The molecule has 0 unspecified atom stereocenters. The zero-order valence-corrected chi connectivity index (χ0v) is 37.9. The van der Waals surface area contributed by atoms with Gasteiger partial charge in [-0.25, -0.2) is 0 Å². The minimum atomic E-state index is 0. The number of rotatable bonds is 6. The Hall–Kier alpha value is -2.22. The van der Waals surface area contributed by atoms with E-state index in [-0.39, 0.29) is 39.7 Å². The van der Waals surface area contributed by atoms with Crippen LogP contribution in [0.15, 0.2) is 109 Å². The quantitative estimate of drug-likeness (QED) is 0.116. The zero-order chi connectivity index (χ0) is 34.3. The van der Waals surface area contributed by atoms with Gasteiger partial charge in [-0.15, -0.1) is 93.9 Å². The third-order valence-electron chi connectivity index (χ3n) is 13.3. The van der Waals surface area contributed by atoms with Crippen LogP contribution in [-0.2, 0) is 36.2 Å². The Morgan fingerprint density at radius 3 is 1.22 bits per heavy atom. The second-order valence-corrected chi connectivity index (χ2v) is 16.7. The third-order valence-corrected chi connectivity index (χ3v) is 13.3. The molecule has 4 aliphatic carbocycles. The van der Waals surface area contributed by atoms with Crippen LogP contribution < -0.4 is 0 Å². The summed E-state index contributed by atoms with van der Waals surface area (Å²) in [5.74, 6) is 2.08. The minimum absolute atomic E-state index is 0. The maximum atomic E-state index is 3.06. The molecule has 0 N–H and O–H groups in total. The predicted octanol–water partition coefficient (Wildman–Crippen LogP) is 14.7. The second-order valence-electron chi connectivity index (χ2n) is 16.7. The molecule has 0 amide bonds. The van der Waals surface area contributed by atoms with Crippen LogP contribution in [0.1, 0.15) is 86.5 Å². The maximum absolute atomic E-state index is 3.06. The summed E-state index contributed by atoms with van der Waals surface area (Å²) in [6.07, 6.45) is 17.3. The summed E-state index contributed by atoms with van der Waals surface area (Å²) in [6, 6.07) is 41.3. The van der Waals surface area contributed by atoms with Crippen molar-refractivity contribution >= 4 is 53.2 Å². The van der Waals surface area contributed by atoms with Gasteiger partial charge >= 0.3 is 30.2 Å². The van der Waals surface area contributed by atoms with Crippen LogP contribution in [0.2, 0.25) is 0 Å². The first-order valence-electron chi connectivity index (χ1n) is 19.2. The van der Waals surface area contributed by atoms with Gasteiger partial charge in [0, 0.05) is 0 Å². The fraction of sp³-hybridized carbons (Fsp3) is 0.360. The van der Waals surface area contributed by atoms with Gasteiger partial charge in [-0.3, -0.25) is 0 Å². The normalized spacial score (nSPS) is 22.8. The number of halogens is 2. The number of hydrogen-bond acceptors (Lipinski definition) is 0. The molecule has 4 saturated carbocycles. The monoisotopic (exact) mass is 846 g/mol. The van der Waals surface area contributed by atoms with Crippen molar-refractivity contribution in [3.8, 4) is 22.3 Å². The van der Waals surface area contributed by atoms with Gasteiger partial charge in [0.2, 0.25) is 0 Å². The van der Waals surface area contributed by atoms with E-state index in [0.717, 1.165) is 11.8 Å². The molecule has 4 heteroatoms. The number of hydrogen-bond donors (Lipinski definition) is 0. The SMILES string of the molecule is Cc1ccc(-c2cccc3[cH-]c(CC45CCC(CC4)C5)cc23)cc1.Cc1ccc(-c2cccc3[cH-]c(CC45CCC(CC4)C5)cc23)cc1.Cl.Cl.[CH3-].[CH3-].[Si]=[Zr]. The second kappa shape index (κ2) is 18.8. The fourth-order valence-electron chi connectivity index (χ4n) is 10.8. The van der Waals surface area contributed by atoms with Crippen molar-refractivity contribution in [2.24, 2.45) is 22.7 Å². The first-order chi connectivity index (χ1) is 24.4. The molecule has 0 aromatic heterocycles. The van der Waals surface area contributed by atoms with Crippen molar-refractivity contribution < 1.29 is 23.3 Å². The molecular weight excluding hydrogens is 791 g/mol. The first kappa shape index (κ1) is 44.5. The number of benzene rings is 4. The number of fused-ring (bicyclic) bond motifs is 6. The van der Waals surface area contributed by atoms with Gasteiger partial charge in [0.25, 0.3) is 0 Å². The van der Waals surface area contributed by atoms with Crippen LogP contribution in [0.25, 0.3) is 43.8 Å². The average molecular weight is 849 g/mol. The Balaban J connectivity index is 0.000000215. The van der Waals surface area contributed by atoms with E-state index in [4.69, 9.17) is 0 Å². The van der Waals surface area contributed by atoms with E-state index < -0.39 is 0 Å². The Kier molecular flexibility index (Phi) is 15.5. The summed E-state index contributed by atoms with van der Waals surface area (Å²) in [5.41, 5.74) is 12.5. The molecule has 2 radical (unpaired) electrons. The molecule has 0 nitrogen and oxygen atoms in total. The Bertz CT molecular complexity index is 1940. The van der Waals surface area contributed by atoms with Gasteiger partial charge in [0.15, 0.2) is 0 Å². The van der Waals surface area contributed by atoms with Gasteiger partial charge in [-0.2, -0.15) is 12.1 Å². The zero-order valence-electron chi connectivity index (χ0n) is 32.8. The van der Waals surface area contributed by atoms with Gasteiger partial charge in [-0.05, 0) is 125 Å². The Morgan fingerprint density at radius 2 is 0.907 bits per heavy atom.